The number of ether oxygens (including phenoxy) is 1. The summed E-state index contributed by atoms with van der Waals surface area (Å²) in [5.74, 6) is -0.174. The summed E-state index contributed by atoms with van der Waals surface area (Å²) in [5, 5.41) is 11.7. The highest BCUT2D eigenvalue weighted by atomic mass is 16.6. The van der Waals surface area contributed by atoms with Crippen LogP contribution in [0.1, 0.15) is 36.8 Å². The van der Waals surface area contributed by atoms with Crippen molar-refractivity contribution < 1.29 is 23.9 Å². The maximum atomic E-state index is 13.6. The molecule has 6 nitrogen and oxygen atoms in total. The molecule has 4 aliphatic rings. The minimum Gasteiger partial charge on any atom is -0.453 e. The van der Waals surface area contributed by atoms with Crippen molar-refractivity contribution in [3.8, 4) is 0 Å². The van der Waals surface area contributed by atoms with E-state index in [0.717, 1.165) is 38.8 Å². The Bertz CT molecular complexity index is 958. The van der Waals surface area contributed by atoms with Crippen LogP contribution < -0.4 is 0 Å². The maximum Gasteiger partial charge on any atom is 0.348 e. The van der Waals surface area contributed by atoms with Gasteiger partial charge in [-0.05, 0) is 24.0 Å². The van der Waals surface area contributed by atoms with Crippen molar-refractivity contribution in [2.75, 3.05) is 33.2 Å². The molecule has 6 heteroatoms. The second kappa shape index (κ2) is 8.58. The largest absolute Gasteiger partial charge is 0.453 e. The summed E-state index contributed by atoms with van der Waals surface area (Å²) in [6, 6.07) is 18.4. The molecule has 3 aliphatic heterocycles. The summed E-state index contributed by atoms with van der Waals surface area (Å²) in [4.78, 5) is 28.4. The Morgan fingerprint density at radius 3 is 2.03 bits per heavy atom. The number of hydrogen-bond donors (Lipinski definition) is 1. The van der Waals surface area contributed by atoms with Gasteiger partial charge in [-0.1, -0.05) is 60.7 Å². The Labute approximate surface area is 195 Å². The van der Waals surface area contributed by atoms with E-state index in [9.17, 15) is 14.7 Å². The van der Waals surface area contributed by atoms with Crippen molar-refractivity contribution in [1.82, 2.24) is 4.90 Å². The van der Waals surface area contributed by atoms with Crippen LogP contribution in [0.2, 0.25) is 0 Å². The number of quaternary nitrogens is 1. The van der Waals surface area contributed by atoms with E-state index in [1.165, 1.54) is 0 Å². The minimum absolute atomic E-state index is 0.188. The second-order valence-electron chi connectivity index (χ2n) is 10.1. The van der Waals surface area contributed by atoms with Crippen LogP contribution in [-0.4, -0.2) is 71.7 Å². The van der Waals surface area contributed by atoms with Gasteiger partial charge in [0.15, 0.2) is 12.6 Å². The van der Waals surface area contributed by atoms with Crippen molar-refractivity contribution in [1.29, 1.82) is 0 Å². The number of carbonyl (C=O) groups is 2. The Kier molecular flexibility index (Phi) is 5.75. The van der Waals surface area contributed by atoms with Gasteiger partial charge in [-0.25, -0.2) is 4.79 Å². The molecule has 1 saturated carbocycles. The molecule has 0 radical (unpaired) electrons. The van der Waals surface area contributed by atoms with Gasteiger partial charge in [-0.2, -0.15) is 0 Å². The summed E-state index contributed by atoms with van der Waals surface area (Å²) in [7, 11) is 1.91. The first kappa shape index (κ1) is 22.1. The summed E-state index contributed by atoms with van der Waals surface area (Å²) in [6.07, 6.45) is 3.78. The SMILES string of the molecule is CN(C(=O)C[N+]12CCC(CC1)[C@@H](OC(=O)C(O)(c1ccccc1)c1ccccc1)C2)C1CC1. The Hall–Kier alpha value is -2.70. The number of carbonyl (C=O) groups excluding carboxylic acids is 2. The van der Waals surface area contributed by atoms with Gasteiger partial charge in [0.25, 0.3) is 5.91 Å². The van der Waals surface area contributed by atoms with Gasteiger partial charge < -0.3 is 19.2 Å². The van der Waals surface area contributed by atoms with Gasteiger partial charge in [0.1, 0.15) is 6.54 Å². The van der Waals surface area contributed by atoms with E-state index in [0.29, 0.717) is 34.7 Å². The van der Waals surface area contributed by atoms with Crippen LogP contribution >= 0.6 is 0 Å². The number of benzene rings is 2. The highest BCUT2D eigenvalue weighted by Gasteiger charge is 2.51. The molecule has 0 spiro atoms. The fourth-order valence-electron chi connectivity index (χ4n) is 5.62. The second-order valence-corrected chi connectivity index (χ2v) is 10.1. The highest BCUT2D eigenvalue weighted by molar-refractivity contribution is 5.85. The van der Waals surface area contributed by atoms with Crippen LogP contribution in [0.4, 0.5) is 0 Å². The third-order valence-electron chi connectivity index (χ3n) is 7.94. The lowest BCUT2D eigenvalue weighted by Gasteiger charge is -2.52. The normalized spacial score (nSPS) is 26.6. The number of amides is 1. The maximum absolute atomic E-state index is 13.6. The third-order valence-corrected chi connectivity index (χ3v) is 7.94. The number of fused-ring (bicyclic) bond motifs is 3. The molecule has 4 fully saturated rings. The number of nitrogens with zero attached hydrogens (tertiary/aromatic N) is 2. The predicted molar refractivity (Wildman–Crippen MR) is 124 cm³/mol. The summed E-state index contributed by atoms with van der Waals surface area (Å²) >= 11 is 0. The van der Waals surface area contributed by atoms with Gasteiger partial charge in [-0.15, -0.1) is 0 Å². The van der Waals surface area contributed by atoms with E-state index >= 15 is 0 Å². The summed E-state index contributed by atoms with van der Waals surface area (Å²) < 4.78 is 6.78. The molecular weight excluding hydrogens is 416 g/mol. The molecule has 2 aromatic rings. The zero-order valence-electron chi connectivity index (χ0n) is 19.2. The molecule has 1 N–H and O–H groups in total. The van der Waals surface area contributed by atoms with E-state index in [2.05, 4.69) is 0 Å². The molecule has 3 heterocycles. The molecule has 1 amide bonds. The summed E-state index contributed by atoms with van der Waals surface area (Å²) in [5.41, 5.74) is -0.887. The van der Waals surface area contributed by atoms with E-state index in [4.69, 9.17) is 4.74 Å². The Morgan fingerprint density at radius 1 is 0.970 bits per heavy atom. The van der Waals surface area contributed by atoms with E-state index in [1.54, 1.807) is 24.3 Å². The molecule has 0 unspecified atom stereocenters. The van der Waals surface area contributed by atoms with Crippen molar-refractivity contribution in [3.05, 3.63) is 71.8 Å². The lowest BCUT2D eigenvalue weighted by Crippen LogP contribution is -2.67. The Morgan fingerprint density at radius 2 is 1.52 bits per heavy atom. The lowest BCUT2D eigenvalue weighted by atomic mass is 9.82. The van der Waals surface area contributed by atoms with Crippen LogP contribution in [0.25, 0.3) is 0 Å². The number of rotatable bonds is 7. The van der Waals surface area contributed by atoms with Crippen molar-refractivity contribution >= 4 is 11.9 Å². The molecular formula is C27H33N2O4+. The molecule has 1 atom stereocenters. The zero-order chi connectivity index (χ0) is 23.1. The number of esters is 1. The quantitative estimate of drug-likeness (QED) is 0.521. The molecule has 2 bridgehead atoms. The highest BCUT2D eigenvalue weighted by Crippen LogP contribution is 2.38. The van der Waals surface area contributed by atoms with Crippen LogP contribution in [-0.2, 0) is 19.9 Å². The number of hydrogen-bond acceptors (Lipinski definition) is 4. The zero-order valence-corrected chi connectivity index (χ0v) is 19.2. The van der Waals surface area contributed by atoms with Crippen LogP contribution in [0.5, 0.6) is 0 Å². The van der Waals surface area contributed by atoms with Gasteiger partial charge in [0.05, 0.1) is 13.1 Å². The third kappa shape index (κ3) is 4.18. The number of piperidine rings is 3. The van der Waals surface area contributed by atoms with E-state index in [-0.39, 0.29) is 17.9 Å². The van der Waals surface area contributed by atoms with Crippen LogP contribution in [0.15, 0.2) is 60.7 Å². The first-order valence-corrected chi connectivity index (χ1v) is 12.1. The number of aliphatic hydroxyl groups is 1. The van der Waals surface area contributed by atoms with Crippen LogP contribution in [0, 0.1) is 5.92 Å². The predicted octanol–water partition coefficient (Wildman–Crippen LogP) is 2.70. The molecule has 1 aliphatic carbocycles. The number of likely N-dealkylation sites (N-methyl/N-ethyl adjacent to an activating group) is 1. The molecule has 33 heavy (non-hydrogen) atoms. The first-order valence-electron chi connectivity index (χ1n) is 12.1. The van der Waals surface area contributed by atoms with Crippen molar-refractivity contribution in [2.45, 2.75) is 43.4 Å². The first-order chi connectivity index (χ1) is 15.9. The standard InChI is InChI=1S/C27H33N2O4/c1-28(23-12-13-23)25(30)19-29-16-14-20(15-17-29)24(18-29)33-26(31)27(32,21-8-4-2-5-9-21)22-10-6-3-7-11-22/h2-11,20,23-24,32H,12-19H2,1H3/q+1/t20?,24-,29?/m0/s1. The summed E-state index contributed by atoms with van der Waals surface area (Å²) in [6.45, 7) is 3.00. The molecule has 2 aromatic carbocycles. The molecule has 174 valence electrons. The van der Waals surface area contributed by atoms with E-state index < -0.39 is 11.6 Å². The van der Waals surface area contributed by atoms with Crippen molar-refractivity contribution in [2.24, 2.45) is 5.92 Å². The molecule has 3 saturated heterocycles. The van der Waals surface area contributed by atoms with Crippen LogP contribution in [0.3, 0.4) is 0 Å². The van der Waals surface area contributed by atoms with Gasteiger partial charge in [0, 0.05) is 31.8 Å². The van der Waals surface area contributed by atoms with E-state index in [1.807, 2.05) is 48.3 Å². The molecule has 6 rings (SSSR count). The van der Waals surface area contributed by atoms with Crippen molar-refractivity contribution in [3.63, 3.8) is 0 Å². The monoisotopic (exact) mass is 449 g/mol. The lowest BCUT2D eigenvalue weighted by molar-refractivity contribution is -0.939. The minimum atomic E-state index is -1.87. The fourth-order valence-corrected chi connectivity index (χ4v) is 5.62. The van der Waals surface area contributed by atoms with Gasteiger partial charge in [-0.3, -0.25) is 4.79 Å². The average molecular weight is 450 g/mol. The van der Waals surface area contributed by atoms with Gasteiger partial charge in [0.2, 0.25) is 5.60 Å². The average Bonchev–Trinajstić information content (AvgIpc) is 3.70. The topological polar surface area (TPSA) is 66.8 Å². The smallest absolute Gasteiger partial charge is 0.348 e. The Balaban J connectivity index is 1.36. The molecule has 0 aromatic heterocycles. The van der Waals surface area contributed by atoms with Gasteiger partial charge >= 0.3 is 5.97 Å². The fraction of sp³-hybridized carbons (Fsp3) is 0.481.